The van der Waals surface area contributed by atoms with E-state index >= 15 is 0 Å². The smallest absolute Gasteiger partial charge is 0.161 e. The number of pyridine rings is 2. The Morgan fingerprint density at radius 1 is 0.211 bits per heavy atom. The summed E-state index contributed by atoms with van der Waals surface area (Å²) in [5.41, 5.74) is 17.9. The zero-order chi connectivity index (χ0) is 50.4. The quantitative estimate of drug-likeness (QED) is 0.143. The third-order valence-corrected chi connectivity index (χ3v) is 14.5. The Bertz CT molecular complexity index is 4180. The molecule has 0 saturated heterocycles. The molecule has 0 aliphatic carbocycles. The van der Waals surface area contributed by atoms with Crippen LogP contribution in [0.2, 0.25) is 0 Å². The first-order chi connectivity index (χ1) is 37.6. The molecule has 0 aliphatic rings. The lowest BCUT2D eigenvalue weighted by atomic mass is 9.98. The van der Waals surface area contributed by atoms with E-state index in [-0.39, 0.29) is 0 Å². The van der Waals surface area contributed by atoms with Gasteiger partial charge in [-0.3, -0.25) is 9.97 Å². The fourth-order valence-electron chi connectivity index (χ4n) is 10.5. The second-order valence-electron chi connectivity index (χ2n) is 19.0. The van der Waals surface area contributed by atoms with Crippen LogP contribution in [0.25, 0.3) is 145 Å². The number of hydrogen-bond donors (Lipinski definition) is 0. The standard InChI is InChI=1S/C70H44N6/c1-3-19-57-47(11-1)13-5-23-61(57)69-73-63(43-65(75-69)53-37-29-49(30-38-53)59-21-7-15-55-17-9-41-71-67(55)59)51-33-25-45(26-34-51)46-27-35-52(36-28-46)64-44-66(76-70(74-64)62-24-6-14-48-12-2-4-20-58(48)62)54-39-31-50(32-40-54)60-22-8-16-56-18-10-42-72-68(56)60/h1-44H. The molecule has 76 heavy (non-hydrogen) atoms. The molecule has 0 N–H and O–H groups in total. The Kier molecular flexibility index (Phi) is 11.1. The van der Waals surface area contributed by atoms with Gasteiger partial charge in [0.05, 0.1) is 33.8 Å². The summed E-state index contributed by atoms with van der Waals surface area (Å²) in [6, 6.07) is 89.1. The van der Waals surface area contributed by atoms with Gasteiger partial charge in [-0.05, 0) is 68.1 Å². The summed E-state index contributed by atoms with van der Waals surface area (Å²) in [5.74, 6) is 1.36. The van der Waals surface area contributed by atoms with Crippen LogP contribution in [0, 0.1) is 0 Å². The summed E-state index contributed by atoms with van der Waals surface area (Å²) in [7, 11) is 0. The van der Waals surface area contributed by atoms with E-state index < -0.39 is 0 Å². The maximum Gasteiger partial charge on any atom is 0.161 e. The first-order valence-electron chi connectivity index (χ1n) is 25.5. The summed E-state index contributed by atoms with van der Waals surface area (Å²) >= 11 is 0. The van der Waals surface area contributed by atoms with Crippen molar-refractivity contribution in [1.29, 1.82) is 0 Å². The van der Waals surface area contributed by atoms with Crippen LogP contribution < -0.4 is 0 Å². The van der Waals surface area contributed by atoms with Gasteiger partial charge in [0.2, 0.25) is 0 Å². The molecule has 0 amide bonds. The van der Waals surface area contributed by atoms with E-state index in [1.54, 1.807) is 0 Å². The number of benzene rings is 10. The van der Waals surface area contributed by atoms with Crippen LogP contribution in [-0.4, -0.2) is 29.9 Å². The highest BCUT2D eigenvalue weighted by atomic mass is 14.9. The molecule has 4 heterocycles. The largest absolute Gasteiger partial charge is 0.256 e. The molecule has 14 rings (SSSR count). The van der Waals surface area contributed by atoms with Gasteiger partial charge < -0.3 is 0 Å². The van der Waals surface area contributed by atoms with E-state index in [1.807, 2.05) is 24.5 Å². The van der Waals surface area contributed by atoms with Gasteiger partial charge in [0, 0.05) is 67.7 Å². The molecule has 0 saturated carbocycles. The van der Waals surface area contributed by atoms with E-state index in [2.05, 4.69) is 243 Å². The third-order valence-electron chi connectivity index (χ3n) is 14.5. The minimum Gasteiger partial charge on any atom is -0.256 e. The Morgan fingerprint density at radius 2 is 0.500 bits per heavy atom. The molecular formula is C70H44N6. The lowest BCUT2D eigenvalue weighted by Gasteiger charge is -2.13. The molecule has 0 unspecified atom stereocenters. The van der Waals surface area contributed by atoms with Crippen LogP contribution in [0.1, 0.15) is 0 Å². The van der Waals surface area contributed by atoms with Crippen molar-refractivity contribution in [3.05, 3.63) is 267 Å². The second-order valence-corrected chi connectivity index (χ2v) is 19.0. The highest BCUT2D eigenvalue weighted by molar-refractivity contribution is 5.98. The fraction of sp³-hybridized carbons (Fsp3) is 0. The molecule has 6 heteroatoms. The minimum absolute atomic E-state index is 0.679. The zero-order valence-electron chi connectivity index (χ0n) is 41.1. The summed E-state index contributed by atoms with van der Waals surface area (Å²) in [6.07, 6.45) is 3.71. The van der Waals surface area contributed by atoms with E-state index in [0.717, 1.165) is 133 Å². The van der Waals surface area contributed by atoms with Crippen molar-refractivity contribution in [1.82, 2.24) is 29.9 Å². The monoisotopic (exact) mass is 968 g/mol. The van der Waals surface area contributed by atoms with Gasteiger partial charge in [0.1, 0.15) is 0 Å². The lowest BCUT2D eigenvalue weighted by molar-refractivity contribution is 1.19. The molecule has 4 aromatic heterocycles. The molecule has 10 aromatic carbocycles. The van der Waals surface area contributed by atoms with E-state index in [1.165, 1.54) is 0 Å². The fourth-order valence-corrected chi connectivity index (χ4v) is 10.5. The summed E-state index contributed by atoms with van der Waals surface area (Å²) < 4.78 is 0. The van der Waals surface area contributed by atoms with Crippen molar-refractivity contribution in [2.24, 2.45) is 0 Å². The zero-order valence-corrected chi connectivity index (χ0v) is 41.1. The molecule has 0 spiro atoms. The Morgan fingerprint density at radius 3 is 0.882 bits per heavy atom. The summed E-state index contributed by atoms with van der Waals surface area (Å²) in [6.45, 7) is 0. The van der Waals surface area contributed by atoms with Gasteiger partial charge in [-0.2, -0.15) is 0 Å². The highest BCUT2D eigenvalue weighted by Crippen LogP contribution is 2.37. The van der Waals surface area contributed by atoms with Crippen molar-refractivity contribution >= 4 is 43.4 Å². The topological polar surface area (TPSA) is 77.3 Å². The lowest BCUT2D eigenvalue weighted by Crippen LogP contribution is -1.97. The maximum absolute atomic E-state index is 5.27. The van der Waals surface area contributed by atoms with Crippen LogP contribution in [-0.2, 0) is 0 Å². The van der Waals surface area contributed by atoms with Crippen LogP contribution in [0.15, 0.2) is 267 Å². The summed E-state index contributed by atoms with van der Waals surface area (Å²) in [4.78, 5) is 30.5. The van der Waals surface area contributed by atoms with Gasteiger partial charge in [0.25, 0.3) is 0 Å². The SMILES string of the molecule is c1ccc2c(-c3nc(-c4ccc(-c5ccc(-c6cc(-c7ccc(-c8cccc9cccnc89)cc7)nc(-c7cccc8ccccc78)n6)cc5)cc4)cc(-c4ccc(-c5cccc6cccnc56)cc4)n3)cccc2c1. The minimum atomic E-state index is 0.679. The number of para-hydroxylation sites is 2. The van der Waals surface area contributed by atoms with Crippen LogP contribution in [0.3, 0.4) is 0 Å². The third kappa shape index (κ3) is 8.30. The molecule has 0 fully saturated rings. The van der Waals surface area contributed by atoms with Crippen molar-refractivity contribution in [3.8, 4) is 101 Å². The summed E-state index contributed by atoms with van der Waals surface area (Å²) in [5, 5.41) is 6.74. The number of aromatic nitrogens is 6. The number of hydrogen-bond acceptors (Lipinski definition) is 6. The predicted octanol–water partition coefficient (Wildman–Crippen LogP) is 17.7. The van der Waals surface area contributed by atoms with Gasteiger partial charge in [0.15, 0.2) is 11.6 Å². The van der Waals surface area contributed by atoms with Crippen molar-refractivity contribution in [2.45, 2.75) is 0 Å². The number of fused-ring (bicyclic) bond motifs is 4. The normalized spacial score (nSPS) is 11.4. The molecule has 354 valence electrons. The molecule has 0 radical (unpaired) electrons. The Balaban J connectivity index is 0.801. The van der Waals surface area contributed by atoms with Crippen molar-refractivity contribution in [2.75, 3.05) is 0 Å². The Hall–Kier alpha value is -10.3. The average Bonchev–Trinajstić information content (AvgIpc) is 3.51. The number of rotatable bonds is 9. The second kappa shape index (κ2) is 19.0. The molecule has 0 atom stereocenters. The first-order valence-corrected chi connectivity index (χ1v) is 25.5. The van der Waals surface area contributed by atoms with E-state index in [4.69, 9.17) is 29.9 Å². The first kappa shape index (κ1) is 44.4. The van der Waals surface area contributed by atoms with Crippen LogP contribution in [0.5, 0.6) is 0 Å². The average molecular weight is 969 g/mol. The van der Waals surface area contributed by atoms with Gasteiger partial charge in [-0.15, -0.1) is 0 Å². The molecular weight excluding hydrogens is 925 g/mol. The van der Waals surface area contributed by atoms with Gasteiger partial charge in [-0.25, -0.2) is 19.9 Å². The maximum atomic E-state index is 5.27. The predicted molar refractivity (Wildman–Crippen MR) is 312 cm³/mol. The van der Waals surface area contributed by atoms with Gasteiger partial charge in [-0.1, -0.05) is 231 Å². The van der Waals surface area contributed by atoms with Crippen LogP contribution >= 0.6 is 0 Å². The van der Waals surface area contributed by atoms with E-state index in [9.17, 15) is 0 Å². The van der Waals surface area contributed by atoms with E-state index in [0.29, 0.717) is 11.6 Å². The van der Waals surface area contributed by atoms with Crippen molar-refractivity contribution < 1.29 is 0 Å². The molecule has 14 aromatic rings. The van der Waals surface area contributed by atoms with Gasteiger partial charge >= 0.3 is 0 Å². The highest BCUT2D eigenvalue weighted by Gasteiger charge is 2.17. The van der Waals surface area contributed by atoms with Crippen molar-refractivity contribution in [3.63, 3.8) is 0 Å². The number of nitrogens with zero attached hydrogens (tertiary/aromatic N) is 6. The molecule has 6 nitrogen and oxygen atoms in total. The molecule has 0 bridgehead atoms. The van der Waals surface area contributed by atoms with Crippen LogP contribution in [0.4, 0.5) is 0 Å². The Labute approximate surface area is 439 Å². The molecule has 0 aliphatic heterocycles.